The van der Waals surface area contributed by atoms with Crippen LogP contribution in [0, 0.1) is 0 Å². The Hall–Kier alpha value is -0.690. The Morgan fingerprint density at radius 3 is 2.35 bits per heavy atom. The normalized spacial score (nSPS) is 11.2. The Balaban J connectivity index is 2.43. The van der Waals surface area contributed by atoms with E-state index in [9.17, 15) is 0 Å². The van der Waals surface area contributed by atoms with E-state index in [-0.39, 0.29) is 0 Å². The molecule has 0 aliphatic heterocycles. The van der Waals surface area contributed by atoms with Crippen LogP contribution >= 0.6 is 11.3 Å². The van der Waals surface area contributed by atoms with Crippen molar-refractivity contribution in [2.24, 2.45) is 0 Å². The fourth-order valence-corrected chi connectivity index (χ4v) is 2.70. The number of rotatable bonds is 12. The van der Waals surface area contributed by atoms with Crippen LogP contribution in [-0.4, -0.2) is 55.9 Å². The lowest BCUT2D eigenvalue weighted by Gasteiger charge is -2.21. The van der Waals surface area contributed by atoms with Gasteiger partial charge in [-0.05, 0) is 20.8 Å². The van der Waals surface area contributed by atoms with Gasteiger partial charge in [-0.15, -0.1) is 11.3 Å². The first-order valence-electron chi connectivity index (χ1n) is 7.36. The molecule has 0 radical (unpaired) electrons. The maximum atomic E-state index is 5.44. The molecule has 1 aromatic heterocycles. The highest BCUT2D eigenvalue weighted by Gasteiger charge is 2.09. The highest BCUT2D eigenvalue weighted by Crippen LogP contribution is 2.19. The van der Waals surface area contributed by atoms with Crippen LogP contribution in [0.5, 0.6) is 0 Å². The number of hydrogen-bond donors (Lipinski definition) is 1. The fourth-order valence-electron chi connectivity index (χ4n) is 1.78. The second-order valence-electron chi connectivity index (χ2n) is 4.33. The van der Waals surface area contributed by atoms with Crippen LogP contribution in [0.15, 0.2) is 6.20 Å². The lowest BCUT2D eigenvalue weighted by molar-refractivity contribution is 0.0802. The summed E-state index contributed by atoms with van der Waals surface area (Å²) in [7, 11) is 0. The summed E-state index contributed by atoms with van der Waals surface area (Å²) in [5.41, 5.74) is 0. The van der Waals surface area contributed by atoms with Crippen molar-refractivity contribution in [2.45, 2.75) is 27.3 Å². The van der Waals surface area contributed by atoms with E-state index in [4.69, 9.17) is 9.47 Å². The van der Waals surface area contributed by atoms with Gasteiger partial charge in [0.05, 0.1) is 13.2 Å². The molecule has 1 N–H and O–H groups in total. The lowest BCUT2D eigenvalue weighted by atomic mass is 10.4. The standard InChI is InChI=1S/C14H27N3O2S/c1-4-15-14-16-11-13(20-14)12-17(7-9-18-5-2)8-10-19-6-3/h11H,4-10,12H2,1-3H3,(H,15,16). The number of ether oxygens (including phenoxy) is 2. The number of hydrogen-bond acceptors (Lipinski definition) is 6. The Morgan fingerprint density at radius 1 is 1.15 bits per heavy atom. The summed E-state index contributed by atoms with van der Waals surface area (Å²) in [6.45, 7) is 12.9. The van der Waals surface area contributed by atoms with E-state index in [1.165, 1.54) is 4.88 Å². The fraction of sp³-hybridized carbons (Fsp3) is 0.786. The molecule has 116 valence electrons. The summed E-state index contributed by atoms with van der Waals surface area (Å²) >= 11 is 1.72. The van der Waals surface area contributed by atoms with Crippen molar-refractivity contribution < 1.29 is 9.47 Å². The third kappa shape index (κ3) is 7.19. The number of anilines is 1. The average Bonchev–Trinajstić information content (AvgIpc) is 2.87. The molecular weight excluding hydrogens is 274 g/mol. The molecule has 0 saturated heterocycles. The Labute approximate surface area is 126 Å². The number of aromatic nitrogens is 1. The molecule has 6 heteroatoms. The van der Waals surface area contributed by atoms with Crippen molar-refractivity contribution >= 4 is 16.5 Å². The van der Waals surface area contributed by atoms with Gasteiger partial charge in [-0.2, -0.15) is 0 Å². The SMILES string of the molecule is CCNc1ncc(CN(CCOCC)CCOCC)s1. The van der Waals surface area contributed by atoms with Gasteiger partial charge in [0, 0.05) is 50.5 Å². The molecule has 0 amide bonds. The van der Waals surface area contributed by atoms with Gasteiger partial charge in [-0.3, -0.25) is 4.90 Å². The minimum atomic E-state index is 0.765. The van der Waals surface area contributed by atoms with E-state index in [2.05, 4.69) is 22.1 Å². The first-order valence-corrected chi connectivity index (χ1v) is 8.18. The minimum Gasteiger partial charge on any atom is -0.380 e. The number of thiazole rings is 1. The second-order valence-corrected chi connectivity index (χ2v) is 5.45. The first kappa shape index (κ1) is 17.4. The summed E-state index contributed by atoms with van der Waals surface area (Å²) in [6.07, 6.45) is 1.96. The van der Waals surface area contributed by atoms with Gasteiger partial charge in [-0.25, -0.2) is 4.98 Å². The van der Waals surface area contributed by atoms with Crippen LogP contribution in [0.4, 0.5) is 5.13 Å². The summed E-state index contributed by atoms with van der Waals surface area (Å²) in [6, 6.07) is 0. The predicted octanol–water partition coefficient (Wildman–Crippen LogP) is 2.45. The van der Waals surface area contributed by atoms with Crippen molar-refractivity contribution in [3.63, 3.8) is 0 Å². The zero-order chi connectivity index (χ0) is 14.6. The molecule has 0 atom stereocenters. The van der Waals surface area contributed by atoms with Crippen molar-refractivity contribution in [3.8, 4) is 0 Å². The molecule has 0 fully saturated rings. The van der Waals surface area contributed by atoms with E-state index in [0.29, 0.717) is 0 Å². The topological polar surface area (TPSA) is 46.6 Å². The van der Waals surface area contributed by atoms with E-state index >= 15 is 0 Å². The Morgan fingerprint density at radius 2 is 1.80 bits per heavy atom. The molecule has 0 unspecified atom stereocenters. The summed E-state index contributed by atoms with van der Waals surface area (Å²) < 4.78 is 10.9. The Bertz CT molecular complexity index is 337. The molecule has 0 aromatic carbocycles. The van der Waals surface area contributed by atoms with Crippen LogP contribution in [0.3, 0.4) is 0 Å². The van der Waals surface area contributed by atoms with Gasteiger partial charge in [0.25, 0.3) is 0 Å². The Kier molecular flexibility index (Phi) is 9.57. The quantitative estimate of drug-likeness (QED) is 0.601. The molecule has 20 heavy (non-hydrogen) atoms. The van der Waals surface area contributed by atoms with Gasteiger partial charge in [0.1, 0.15) is 0 Å². The lowest BCUT2D eigenvalue weighted by Crippen LogP contribution is -2.30. The van der Waals surface area contributed by atoms with Gasteiger partial charge in [0.15, 0.2) is 5.13 Å². The van der Waals surface area contributed by atoms with Crippen molar-refractivity contribution in [3.05, 3.63) is 11.1 Å². The zero-order valence-electron chi connectivity index (χ0n) is 12.9. The van der Waals surface area contributed by atoms with Crippen LogP contribution in [0.2, 0.25) is 0 Å². The predicted molar refractivity (Wildman–Crippen MR) is 84.5 cm³/mol. The maximum Gasteiger partial charge on any atom is 0.182 e. The molecule has 0 aliphatic rings. The molecule has 5 nitrogen and oxygen atoms in total. The van der Waals surface area contributed by atoms with Crippen LogP contribution in [0.25, 0.3) is 0 Å². The monoisotopic (exact) mass is 301 g/mol. The van der Waals surface area contributed by atoms with Crippen LogP contribution in [-0.2, 0) is 16.0 Å². The molecule has 0 bridgehead atoms. The van der Waals surface area contributed by atoms with Crippen LogP contribution in [0.1, 0.15) is 25.6 Å². The first-order chi connectivity index (χ1) is 9.80. The third-order valence-electron chi connectivity index (χ3n) is 2.77. The molecule has 1 rings (SSSR count). The van der Waals surface area contributed by atoms with E-state index in [0.717, 1.165) is 57.7 Å². The van der Waals surface area contributed by atoms with Crippen molar-refractivity contribution in [1.82, 2.24) is 9.88 Å². The van der Waals surface area contributed by atoms with E-state index in [1.807, 2.05) is 20.0 Å². The van der Waals surface area contributed by atoms with Crippen molar-refractivity contribution in [2.75, 3.05) is 51.4 Å². The number of nitrogens with zero attached hydrogens (tertiary/aromatic N) is 2. The van der Waals surface area contributed by atoms with Gasteiger partial charge in [-0.1, -0.05) is 0 Å². The number of nitrogens with one attached hydrogen (secondary N) is 1. The van der Waals surface area contributed by atoms with Crippen molar-refractivity contribution in [1.29, 1.82) is 0 Å². The molecule has 0 saturated carbocycles. The maximum absolute atomic E-state index is 5.44. The van der Waals surface area contributed by atoms with Gasteiger partial charge < -0.3 is 14.8 Å². The summed E-state index contributed by atoms with van der Waals surface area (Å²) in [5, 5.41) is 4.24. The molecule has 1 heterocycles. The largest absolute Gasteiger partial charge is 0.380 e. The smallest absolute Gasteiger partial charge is 0.182 e. The zero-order valence-corrected chi connectivity index (χ0v) is 13.7. The molecule has 0 aliphatic carbocycles. The van der Waals surface area contributed by atoms with E-state index < -0.39 is 0 Å². The highest BCUT2D eigenvalue weighted by atomic mass is 32.1. The molecular formula is C14H27N3O2S. The van der Waals surface area contributed by atoms with E-state index in [1.54, 1.807) is 11.3 Å². The van der Waals surface area contributed by atoms with Crippen LogP contribution < -0.4 is 5.32 Å². The highest BCUT2D eigenvalue weighted by molar-refractivity contribution is 7.15. The molecule has 0 spiro atoms. The summed E-state index contributed by atoms with van der Waals surface area (Å²) in [4.78, 5) is 8.00. The third-order valence-corrected chi connectivity index (χ3v) is 3.71. The summed E-state index contributed by atoms with van der Waals surface area (Å²) in [5.74, 6) is 0. The second kappa shape index (κ2) is 11.0. The van der Waals surface area contributed by atoms with Gasteiger partial charge in [0.2, 0.25) is 0 Å². The minimum absolute atomic E-state index is 0.765. The average molecular weight is 301 g/mol. The molecule has 1 aromatic rings. The van der Waals surface area contributed by atoms with Gasteiger partial charge >= 0.3 is 0 Å².